The van der Waals surface area contributed by atoms with Crippen LogP contribution in [0.4, 0.5) is 11.4 Å². The van der Waals surface area contributed by atoms with Gasteiger partial charge in [0.25, 0.3) is 11.8 Å². The predicted molar refractivity (Wildman–Crippen MR) is 299 cm³/mol. The summed E-state index contributed by atoms with van der Waals surface area (Å²) in [5.41, 5.74) is 11.5. The van der Waals surface area contributed by atoms with Crippen LogP contribution in [0, 0.1) is 5.41 Å². The van der Waals surface area contributed by atoms with Crippen LogP contribution in [0.3, 0.4) is 0 Å². The zero-order valence-electron chi connectivity index (χ0n) is 45.1. The van der Waals surface area contributed by atoms with Crippen LogP contribution >= 0.6 is 0 Å². The number of carbonyl (C=O) groups excluding carboxylic acids is 5. The number of pyridine rings is 1. The van der Waals surface area contributed by atoms with E-state index in [0.717, 1.165) is 99.5 Å². The van der Waals surface area contributed by atoms with Crippen LogP contribution in [0.15, 0.2) is 96.2 Å². The van der Waals surface area contributed by atoms with E-state index in [1.165, 1.54) is 0 Å². The lowest BCUT2D eigenvalue weighted by molar-refractivity contribution is -0.137. The van der Waals surface area contributed by atoms with E-state index < -0.39 is 11.6 Å². The minimum atomic E-state index is -0.672. The Balaban J connectivity index is 0.000000291. The lowest BCUT2D eigenvalue weighted by atomic mass is 9.86. The zero-order valence-corrected chi connectivity index (χ0v) is 45.1. The highest BCUT2D eigenvalue weighted by Gasteiger charge is 2.40. The molecule has 0 aliphatic carbocycles. The summed E-state index contributed by atoms with van der Waals surface area (Å²) in [5.74, 6) is 0.248. The number of likely N-dealkylation sites (N-methyl/N-ethyl adjacent to an activating group) is 1. The van der Waals surface area contributed by atoms with Gasteiger partial charge >= 0.3 is 0 Å². The molecule has 0 bridgehead atoms. The molecule has 2 unspecified atom stereocenters. The molecule has 8 rings (SSSR count). The number of nitrogens with two attached hydrogens (primary N) is 1. The van der Waals surface area contributed by atoms with E-state index in [1.807, 2.05) is 61.5 Å². The number of hydrogen-bond acceptors (Lipinski definition) is 15. The normalized spacial score (nSPS) is 17.8. The molecule has 4 aromatic rings. The summed E-state index contributed by atoms with van der Waals surface area (Å²) in [4.78, 5) is 74.5. The van der Waals surface area contributed by atoms with Gasteiger partial charge in [-0.2, -0.15) is 0 Å². The van der Waals surface area contributed by atoms with Crippen molar-refractivity contribution in [3.05, 3.63) is 119 Å². The van der Waals surface area contributed by atoms with Crippen LogP contribution in [-0.2, 0) is 35.1 Å². The van der Waals surface area contributed by atoms with Crippen molar-refractivity contribution in [3.8, 4) is 5.75 Å². The van der Waals surface area contributed by atoms with Gasteiger partial charge in [0.05, 0.1) is 51.2 Å². The second kappa shape index (κ2) is 30.2. The Morgan fingerprint density at radius 3 is 2.29 bits per heavy atom. The first-order valence-corrected chi connectivity index (χ1v) is 27.3. The second-order valence-electron chi connectivity index (χ2n) is 20.0. The van der Waals surface area contributed by atoms with Gasteiger partial charge in [0.2, 0.25) is 11.8 Å². The number of aldehydes is 1. The molecular weight excluding hydrogens is 995 g/mol. The largest absolute Gasteiger partial charge is 0.494 e. The number of aromatic nitrogens is 1. The van der Waals surface area contributed by atoms with E-state index in [4.69, 9.17) is 30.1 Å². The van der Waals surface area contributed by atoms with Crippen molar-refractivity contribution in [2.45, 2.75) is 88.9 Å². The van der Waals surface area contributed by atoms with Crippen molar-refractivity contribution >= 4 is 53.0 Å². The molecule has 4 amide bonds. The number of ether oxygens (including phenoxy) is 4. The van der Waals surface area contributed by atoms with Crippen LogP contribution in [0.2, 0.25) is 0 Å². The molecule has 4 aliphatic heterocycles. The van der Waals surface area contributed by atoms with Gasteiger partial charge in [-0.1, -0.05) is 24.6 Å². The first-order valence-electron chi connectivity index (χ1n) is 27.3. The van der Waals surface area contributed by atoms with Gasteiger partial charge in [-0.25, -0.2) is 4.99 Å². The van der Waals surface area contributed by atoms with Crippen LogP contribution in [0.5, 0.6) is 5.75 Å². The number of fused-ring (bicyclic) bond motifs is 1. The van der Waals surface area contributed by atoms with Crippen molar-refractivity contribution in [1.29, 1.82) is 5.41 Å². The second-order valence-corrected chi connectivity index (χ2v) is 20.0. The van der Waals surface area contributed by atoms with E-state index in [9.17, 15) is 24.0 Å². The van der Waals surface area contributed by atoms with E-state index in [0.29, 0.717) is 101 Å². The first kappa shape index (κ1) is 58.6. The number of amidine groups is 2. The average Bonchev–Trinajstić information content (AvgIpc) is 3.86. The number of nitrogens with zero attached hydrogens (tertiary/aromatic N) is 5. The maximum absolute atomic E-state index is 13.4. The van der Waals surface area contributed by atoms with Gasteiger partial charge in [0.15, 0.2) is 5.84 Å². The number of nitrogens with one attached hydrogen (secondary N) is 5. The first-order chi connectivity index (χ1) is 37.9. The molecule has 4 aliphatic rings. The number of rotatable bonds is 26. The zero-order chi connectivity index (χ0) is 55.1. The smallest absolute Gasteiger partial charge is 0.255 e. The minimum Gasteiger partial charge on any atom is -0.494 e. The number of amides is 4. The van der Waals surface area contributed by atoms with Gasteiger partial charge < -0.3 is 60.1 Å². The van der Waals surface area contributed by atoms with Crippen LogP contribution in [-0.4, -0.2) is 161 Å². The van der Waals surface area contributed by atoms with Gasteiger partial charge in [0.1, 0.15) is 23.9 Å². The third-order valence-electron chi connectivity index (χ3n) is 14.3. The van der Waals surface area contributed by atoms with Crippen molar-refractivity contribution in [3.63, 3.8) is 0 Å². The third-order valence-corrected chi connectivity index (χ3v) is 14.3. The number of unbranched alkanes of at least 4 members (excludes halogenated alkanes) is 3. The summed E-state index contributed by atoms with van der Waals surface area (Å²) < 4.78 is 22.3. The maximum atomic E-state index is 13.4. The number of piperazine rings is 1. The molecule has 0 radical (unpaired) electrons. The summed E-state index contributed by atoms with van der Waals surface area (Å²) in [5, 5.41) is 20.9. The number of piperidine rings is 2. The Morgan fingerprint density at radius 1 is 0.859 bits per heavy atom. The average molecular weight is 1070 g/mol. The predicted octanol–water partition coefficient (Wildman–Crippen LogP) is 5.27. The Morgan fingerprint density at radius 2 is 1.56 bits per heavy atom. The summed E-state index contributed by atoms with van der Waals surface area (Å²) in [6, 6.07) is 23.8. The SMILES string of the molecule is CC(NC(=O)c1cccc(NC2(C(N)=NC(=N)c3ccncc3)CCNCC2)c1)c1cccc(OCCCCCCOCCOCCOCCC=O)c1.CN1CCN(c2ccc3c(c2)CN(C2CCC(=O)NC2=O)C3=O)CC1. The highest BCUT2D eigenvalue weighted by atomic mass is 16.5. The van der Waals surface area contributed by atoms with Crippen molar-refractivity contribution in [2.75, 3.05) is 103 Å². The van der Waals surface area contributed by atoms with Crippen LogP contribution in [0.25, 0.3) is 0 Å². The Hall–Kier alpha value is -7.10. The lowest BCUT2D eigenvalue weighted by Crippen LogP contribution is -2.56. The fourth-order valence-electron chi connectivity index (χ4n) is 9.70. The number of anilines is 2. The Kier molecular flexibility index (Phi) is 22.6. The number of hydrogen-bond donors (Lipinski definition) is 6. The van der Waals surface area contributed by atoms with E-state index in [2.05, 4.69) is 54.2 Å². The van der Waals surface area contributed by atoms with Crippen molar-refractivity contribution in [2.24, 2.45) is 10.7 Å². The molecule has 1 aromatic heterocycles. The number of carbonyl (C=O) groups is 5. The highest BCUT2D eigenvalue weighted by molar-refractivity contribution is 6.08. The summed E-state index contributed by atoms with van der Waals surface area (Å²) >= 11 is 0. The molecule has 78 heavy (non-hydrogen) atoms. The van der Waals surface area contributed by atoms with Gasteiger partial charge in [0, 0.05) is 92.6 Å². The van der Waals surface area contributed by atoms with Crippen molar-refractivity contribution in [1.82, 2.24) is 30.7 Å². The molecular formula is C58H77N11O9. The molecule has 0 spiro atoms. The fraction of sp³-hybridized carbons (Fsp3) is 0.483. The topological polar surface area (TPSA) is 255 Å². The van der Waals surface area contributed by atoms with Crippen LogP contribution < -0.4 is 36.6 Å². The molecule has 2 atom stereocenters. The number of imide groups is 1. The molecule has 418 valence electrons. The Labute approximate surface area is 457 Å². The molecule has 0 saturated carbocycles. The van der Waals surface area contributed by atoms with Crippen molar-refractivity contribution < 1.29 is 42.9 Å². The number of benzene rings is 3. The molecule has 7 N–H and O–H groups in total. The molecule has 3 aromatic carbocycles. The quantitative estimate of drug-likeness (QED) is 0.0154. The van der Waals surface area contributed by atoms with Gasteiger partial charge in [-0.3, -0.25) is 34.9 Å². The molecule has 5 heterocycles. The number of aliphatic imine (C=N–C) groups is 1. The maximum Gasteiger partial charge on any atom is 0.255 e. The monoisotopic (exact) mass is 1070 g/mol. The van der Waals surface area contributed by atoms with Gasteiger partial charge in [-0.05, 0) is 137 Å². The Bertz CT molecular complexity index is 2660. The van der Waals surface area contributed by atoms with Crippen LogP contribution in [0.1, 0.15) is 108 Å². The molecule has 3 saturated heterocycles. The summed E-state index contributed by atoms with van der Waals surface area (Å²) in [6.45, 7) is 11.7. The summed E-state index contributed by atoms with van der Waals surface area (Å²) in [6.07, 6.45) is 10.6. The third kappa shape index (κ3) is 17.2. The fourth-order valence-corrected chi connectivity index (χ4v) is 9.70. The highest BCUT2D eigenvalue weighted by Crippen LogP contribution is 2.31. The standard InChI is InChI=1S/C40H55N7O6.C18H22N4O3/c1-31(33-9-7-12-36(30-33)53-24-5-3-2-4-22-50-25-27-52-28-26-51-23-8-21-48)45-38(49)34-10-6-11-35(29-34)47-40(15-19-44-20-16-40)39(42)46-37(41)32-13-17-43-18-14-32;1-20-6-8-21(9-7-20)13-2-3-14-12(10-13)11-22(18(14)25)15-4-5-16(23)19-17(15)24/h6-7,9-14,17-18,21,29-31,44,47H,2-5,8,15-16,19-20,22-28H2,1H3,(H,45,49)(H3,41,42,46);2-3,10,15H,4-9,11H2,1H3,(H,19,23,24). The van der Waals surface area contributed by atoms with Gasteiger partial charge in [-0.15, -0.1) is 0 Å². The summed E-state index contributed by atoms with van der Waals surface area (Å²) in [7, 11) is 2.12. The molecule has 20 heteroatoms. The van der Waals surface area contributed by atoms with E-state index in [-0.39, 0.29) is 41.9 Å². The lowest BCUT2D eigenvalue weighted by Gasteiger charge is -2.38. The molecule has 20 nitrogen and oxygen atoms in total. The van der Waals surface area contributed by atoms with E-state index >= 15 is 0 Å². The minimum absolute atomic E-state index is 0.0738. The van der Waals surface area contributed by atoms with E-state index in [1.54, 1.807) is 35.5 Å². The molecule has 3 fully saturated rings.